The maximum atomic E-state index is 6.58. The third kappa shape index (κ3) is 2.76. The minimum absolute atomic E-state index is 0.00966. The minimum Gasteiger partial charge on any atom is -0.403 e. The van der Waals surface area contributed by atoms with Crippen molar-refractivity contribution in [3.63, 3.8) is 0 Å². The summed E-state index contributed by atoms with van der Waals surface area (Å²) >= 11 is 6.58. The average Bonchev–Trinajstić information content (AvgIpc) is 3.29. The molecule has 5 nitrogen and oxygen atoms in total. The number of ether oxygens (including phenoxy) is 1. The average molecular weight is 403 g/mol. The van der Waals surface area contributed by atoms with Crippen molar-refractivity contribution >= 4 is 29.6 Å². The van der Waals surface area contributed by atoms with Crippen LogP contribution in [-0.2, 0) is 19.4 Å². The van der Waals surface area contributed by atoms with Gasteiger partial charge < -0.3 is 14.0 Å². The molecule has 0 N–H and O–H groups in total. The number of aromatic nitrogens is 2. The van der Waals surface area contributed by atoms with Crippen LogP contribution in [0.3, 0.4) is 0 Å². The predicted molar refractivity (Wildman–Crippen MR) is 111 cm³/mol. The topological polar surface area (TPSA) is 45.5 Å². The summed E-state index contributed by atoms with van der Waals surface area (Å²) in [6.45, 7) is 9.21. The summed E-state index contributed by atoms with van der Waals surface area (Å²) in [5.74, 6) is 0. The Hall–Kier alpha value is -1.08. The number of hydrogen-bond acceptors (Lipinski definition) is 4. The lowest BCUT2D eigenvalue weighted by molar-refractivity contribution is -0.0366. The highest BCUT2D eigenvalue weighted by Gasteiger charge is 2.65. The number of benzene rings is 1. The molecule has 0 radical (unpaired) electrons. The van der Waals surface area contributed by atoms with Crippen molar-refractivity contribution in [2.24, 2.45) is 0 Å². The molecule has 0 spiro atoms. The van der Waals surface area contributed by atoms with E-state index >= 15 is 0 Å². The van der Waals surface area contributed by atoms with Gasteiger partial charge in [0.1, 0.15) is 0 Å². The first-order chi connectivity index (χ1) is 13.2. The molecule has 2 saturated heterocycles. The lowest BCUT2D eigenvalue weighted by atomic mass is 9.63. The quantitative estimate of drug-likeness (QED) is 0.674. The molecule has 0 amide bonds. The highest BCUT2D eigenvalue weighted by Crippen LogP contribution is 2.57. The Labute approximate surface area is 171 Å². The first kappa shape index (κ1) is 18.9. The normalized spacial score (nSPS) is 28.0. The highest BCUT2D eigenvalue weighted by molar-refractivity contribution is 6.51. The van der Waals surface area contributed by atoms with Crippen LogP contribution in [0.1, 0.15) is 71.6 Å². The second-order valence-corrected chi connectivity index (χ2v) is 9.98. The molecule has 2 aromatic rings. The Balaban J connectivity index is 1.57. The van der Waals surface area contributed by atoms with E-state index in [0.717, 1.165) is 54.6 Å². The second-order valence-electron chi connectivity index (χ2n) is 9.54. The lowest BCUT2D eigenvalue weighted by Gasteiger charge is -2.32. The van der Waals surface area contributed by atoms with E-state index in [9.17, 15) is 0 Å². The van der Waals surface area contributed by atoms with Gasteiger partial charge in [-0.05, 0) is 77.5 Å². The molecule has 1 aromatic heterocycles. The molecule has 3 aliphatic rings. The first-order valence-corrected chi connectivity index (χ1v) is 10.8. The summed E-state index contributed by atoms with van der Waals surface area (Å²) in [5, 5.41) is 6.40. The van der Waals surface area contributed by atoms with Crippen LogP contribution >= 0.6 is 11.6 Å². The summed E-state index contributed by atoms with van der Waals surface area (Å²) in [6, 6.07) is 4.08. The number of rotatable bonds is 3. The van der Waals surface area contributed by atoms with E-state index < -0.39 is 0 Å². The van der Waals surface area contributed by atoms with Crippen LogP contribution < -0.4 is 0 Å². The van der Waals surface area contributed by atoms with Crippen LogP contribution in [0.25, 0.3) is 10.9 Å². The number of halogens is 1. The van der Waals surface area contributed by atoms with E-state index in [2.05, 4.69) is 33.8 Å². The summed E-state index contributed by atoms with van der Waals surface area (Å²) in [7, 11) is -0.270. The standard InChI is InChI=1S/C21H28BClN2O3/c1-19(2)20(3,4)28-22(27-19)21(8-9-21)16-11-14(23)12-17-15(16)13-24-25(17)18-7-5-6-10-26-18/h11-13,18H,5-10H2,1-4H3. The van der Waals surface area contributed by atoms with Crippen LogP contribution in [0, 0.1) is 0 Å². The van der Waals surface area contributed by atoms with Gasteiger partial charge >= 0.3 is 7.12 Å². The Morgan fingerprint density at radius 3 is 2.43 bits per heavy atom. The van der Waals surface area contributed by atoms with Gasteiger partial charge in [-0.25, -0.2) is 4.68 Å². The molecule has 1 saturated carbocycles. The predicted octanol–water partition coefficient (Wildman–Crippen LogP) is 5.05. The van der Waals surface area contributed by atoms with Crippen LogP contribution in [0.15, 0.2) is 18.3 Å². The van der Waals surface area contributed by atoms with Crippen LogP contribution in [-0.4, -0.2) is 34.7 Å². The van der Waals surface area contributed by atoms with E-state index in [1.54, 1.807) is 0 Å². The molecule has 1 aromatic carbocycles. The molecule has 5 rings (SSSR count). The van der Waals surface area contributed by atoms with E-state index in [0.29, 0.717) is 0 Å². The fraction of sp³-hybridized carbons (Fsp3) is 0.667. The van der Waals surface area contributed by atoms with Crippen LogP contribution in [0.2, 0.25) is 5.02 Å². The van der Waals surface area contributed by atoms with Crippen molar-refractivity contribution in [3.05, 3.63) is 28.9 Å². The van der Waals surface area contributed by atoms with E-state index in [1.807, 2.05) is 16.9 Å². The third-order valence-electron chi connectivity index (χ3n) is 7.14. The van der Waals surface area contributed by atoms with Gasteiger partial charge in [0.25, 0.3) is 0 Å². The molecule has 3 heterocycles. The van der Waals surface area contributed by atoms with Crippen molar-refractivity contribution in [2.45, 2.75) is 82.5 Å². The summed E-state index contributed by atoms with van der Waals surface area (Å²) in [6.07, 6.45) is 7.29. The first-order valence-electron chi connectivity index (χ1n) is 10.4. The molecular weight excluding hydrogens is 375 g/mol. The van der Waals surface area contributed by atoms with Crippen molar-refractivity contribution in [3.8, 4) is 0 Å². The second kappa shape index (κ2) is 6.21. The minimum atomic E-state index is -0.342. The van der Waals surface area contributed by atoms with Gasteiger partial charge in [0.15, 0.2) is 6.23 Å². The Bertz CT molecular complexity index is 900. The van der Waals surface area contributed by atoms with Crippen LogP contribution in [0.4, 0.5) is 0 Å². The van der Waals surface area contributed by atoms with Crippen molar-refractivity contribution in [2.75, 3.05) is 6.61 Å². The summed E-state index contributed by atoms with van der Waals surface area (Å²) < 4.78 is 20.9. The Morgan fingerprint density at radius 2 is 1.82 bits per heavy atom. The molecular formula is C21H28BClN2O3. The lowest BCUT2D eigenvalue weighted by Crippen LogP contribution is -2.41. The maximum absolute atomic E-state index is 6.58. The zero-order valence-corrected chi connectivity index (χ0v) is 17.9. The zero-order valence-electron chi connectivity index (χ0n) is 17.1. The molecule has 1 unspecified atom stereocenters. The van der Waals surface area contributed by atoms with Gasteiger partial charge in [-0.15, -0.1) is 0 Å². The smallest absolute Gasteiger partial charge is 0.403 e. The third-order valence-corrected chi connectivity index (χ3v) is 7.36. The van der Waals surface area contributed by atoms with Crippen molar-refractivity contribution in [1.82, 2.24) is 9.78 Å². The maximum Gasteiger partial charge on any atom is 0.469 e. The number of fused-ring (bicyclic) bond motifs is 1. The molecule has 3 fully saturated rings. The molecule has 7 heteroatoms. The molecule has 2 aliphatic heterocycles. The molecule has 0 bridgehead atoms. The largest absolute Gasteiger partial charge is 0.469 e. The number of nitrogens with zero attached hydrogens (tertiary/aromatic N) is 2. The van der Waals surface area contributed by atoms with Gasteiger partial charge in [0.05, 0.1) is 22.9 Å². The van der Waals surface area contributed by atoms with Gasteiger partial charge in [-0.3, -0.25) is 0 Å². The zero-order chi connectivity index (χ0) is 19.7. The fourth-order valence-corrected chi connectivity index (χ4v) is 4.72. The van der Waals surface area contributed by atoms with Gasteiger partial charge in [0, 0.05) is 22.3 Å². The number of hydrogen-bond donors (Lipinski definition) is 0. The van der Waals surface area contributed by atoms with Gasteiger partial charge in [-0.2, -0.15) is 5.10 Å². The fourth-order valence-electron chi connectivity index (χ4n) is 4.50. The molecule has 1 atom stereocenters. The molecule has 28 heavy (non-hydrogen) atoms. The molecule has 1 aliphatic carbocycles. The Kier molecular flexibility index (Phi) is 4.20. The Morgan fingerprint density at radius 1 is 1.11 bits per heavy atom. The van der Waals surface area contributed by atoms with E-state index in [1.165, 1.54) is 5.56 Å². The summed E-state index contributed by atoms with van der Waals surface area (Å²) in [4.78, 5) is 0. The van der Waals surface area contributed by atoms with E-state index in [-0.39, 0.29) is 29.9 Å². The van der Waals surface area contributed by atoms with Crippen LogP contribution in [0.5, 0.6) is 0 Å². The van der Waals surface area contributed by atoms with Crippen molar-refractivity contribution in [1.29, 1.82) is 0 Å². The molecule has 150 valence electrons. The van der Waals surface area contributed by atoms with Crippen molar-refractivity contribution < 1.29 is 14.0 Å². The van der Waals surface area contributed by atoms with Gasteiger partial charge in [0.2, 0.25) is 0 Å². The monoisotopic (exact) mass is 402 g/mol. The van der Waals surface area contributed by atoms with Gasteiger partial charge in [-0.1, -0.05) is 11.6 Å². The SMILES string of the molecule is CC1(C)OB(C2(c3cc(Cl)cc4c3cnn4C3CCCCO3)CC2)OC1(C)C. The summed E-state index contributed by atoms with van der Waals surface area (Å²) in [5.41, 5.74) is 1.55. The highest BCUT2D eigenvalue weighted by atomic mass is 35.5. The van der Waals surface area contributed by atoms with E-state index in [4.69, 9.17) is 30.7 Å².